The Kier molecular flexibility index (Phi) is 6.05. The molecule has 1 atom stereocenters. The van der Waals surface area contributed by atoms with Crippen LogP contribution in [0, 0.1) is 11.6 Å². The minimum Gasteiger partial charge on any atom is -0.387 e. The Morgan fingerprint density at radius 1 is 1.09 bits per heavy atom. The molecule has 0 aliphatic heterocycles. The monoisotopic (exact) mass is 320 g/mol. The van der Waals surface area contributed by atoms with Crippen molar-refractivity contribution in [2.24, 2.45) is 0 Å². The molecule has 0 radical (unpaired) electrons. The molecular formula is C17H18F2N2O2. The molecule has 23 heavy (non-hydrogen) atoms. The quantitative estimate of drug-likeness (QED) is 0.766. The van der Waals surface area contributed by atoms with E-state index in [1.807, 2.05) is 0 Å². The van der Waals surface area contributed by atoms with Gasteiger partial charge in [-0.3, -0.25) is 0 Å². The van der Waals surface area contributed by atoms with E-state index >= 15 is 0 Å². The van der Waals surface area contributed by atoms with E-state index in [1.54, 1.807) is 24.3 Å². The summed E-state index contributed by atoms with van der Waals surface area (Å²) in [6, 6.07) is 11.4. The highest BCUT2D eigenvalue weighted by Gasteiger charge is 2.10. The lowest BCUT2D eigenvalue weighted by Gasteiger charge is -2.13. The first-order chi connectivity index (χ1) is 11.1. The fourth-order valence-electron chi connectivity index (χ4n) is 2.10. The van der Waals surface area contributed by atoms with Gasteiger partial charge in [0.15, 0.2) is 0 Å². The molecule has 6 heteroatoms. The molecule has 2 rings (SSSR count). The number of aliphatic hydroxyl groups is 1. The second kappa shape index (κ2) is 8.24. The van der Waals surface area contributed by atoms with Gasteiger partial charge in [0.05, 0.1) is 6.10 Å². The number of carbonyl (C=O) groups excluding carboxylic acids is 1. The van der Waals surface area contributed by atoms with Gasteiger partial charge >= 0.3 is 6.03 Å². The van der Waals surface area contributed by atoms with Crippen molar-refractivity contribution >= 4 is 6.03 Å². The highest BCUT2D eigenvalue weighted by Crippen LogP contribution is 2.12. The average molecular weight is 320 g/mol. The van der Waals surface area contributed by atoms with Crippen LogP contribution in [0.15, 0.2) is 48.5 Å². The Hall–Kier alpha value is -2.47. The molecular weight excluding hydrogens is 302 g/mol. The molecule has 0 aliphatic rings. The maximum absolute atomic E-state index is 13.4. The zero-order valence-corrected chi connectivity index (χ0v) is 12.4. The number of carbonyl (C=O) groups is 1. The fraction of sp³-hybridized carbons (Fsp3) is 0.235. The molecule has 4 nitrogen and oxygen atoms in total. The van der Waals surface area contributed by atoms with Crippen LogP contribution in [0.1, 0.15) is 17.2 Å². The van der Waals surface area contributed by atoms with Crippen LogP contribution < -0.4 is 10.6 Å². The van der Waals surface area contributed by atoms with E-state index in [1.165, 1.54) is 24.3 Å². The maximum Gasteiger partial charge on any atom is 0.314 e. The topological polar surface area (TPSA) is 61.4 Å². The van der Waals surface area contributed by atoms with Crippen LogP contribution in [0.5, 0.6) is 0 Å². The van der Waals surface area contributed by atoms with Crippen molar-refractivity contribution < 1.29 is 18.7 Å². The van der Waals surface area contributed by atoms with Gasteiger partial charge < -0.3 is 15.7 Å². The van der Waals surface area contributed by atoms with Crippen LogP contribution in [0.3, 0.4) is 0 Å². The molecule has 122 valence electrons. The van der Waals surface area contributed by atoms with E-state index in [4.69, 9.17) is 0 Å². The van der Waals surface area contributed by atoms with Crippen molar-refractivity contribution in [3.63, 3.8) is 0 Å². The van der Waals surface area contributed by atoms with Crippen molar-refractivity contribution in [3.8, 4) is 0 Å². The molecule has 0 aliphatic carbocycles. The van der Waals surface area contributed by atoms with E-state index in [0.717, 1.165) is 0 Å². The van der Waals surface area contributed by atoms with Gasteiger partial charge in [0.1, 0.15) is 11.6 Å². The van der Waals surface area contributed by atoms with E-state index in [9.17, 15) is 18.7 Å². The standard InChI is InChI=1S/C17H18F2N2O2/c18-14-6-3-5-13(10-14)16(22)11-21-17(23)20-9-8-12-4-1-2-7-15(12)19/h1-7,10,16,22H,8-9,11H2,(H2,20,21,23)/t16-/m1/s1. The minimum absolute atomic E-state index is 0.0466. The number of benzene rings is 2. The minimum atomic E-state index is -0.997. The first-order valence-electron chi connectivity index (χ1n) is 7.25. The van der Waals surface area contributed by atoms with Crippen LogP contribution in [0.4, 0.5) is 13.6 Å². The summed E-state index contributed by atoms with van der Waals surface area (Å²) in [7, 11) is 0. The summed E-state index contributed by atoms with van der Waals surface area (Å²) in [5.41, 5.74) is 0.907. The van der Waals surface area contributed by atoms with Crippen LogP contribution in [-0.4, -0.2) is 24.2 Å². The van der Waals surface area contributed by atoms with Crippen molar-refractivity contribution in [2.75, 3.05) is 13.1 Å². The van der Waals surface area contributed by atoms with Gasteiger partial charge in [0, 0.05) is 13.1 Å². The summed E-state index contributed by atoms with van der Waals surface area (Å²) in [6.07, 6.45) is -0.630. The molecule has 0 unspecified atom stereocenters. The molecule has 0 saturated heterocycles. The summed E-state index contributed by atoms with van der Waals surface area (Å²) in [4.78, 5) is 11.6. The predicted octanol–water partition coefficient (Wildman–Crippen LogP) is 2.54. The molecule has 0 spiro atoms. The predicted molar refractivity (Wildman–Crippen MR) is 82.9 cm³/mol. The Labute approximate surface area is 133 Å². The number of nitrogens with one attached hydrogen (secondary N) is 2. The van der Waals surface area contributed by atoms with Gasteiger partial charge in [-0.2, -0.15) is 0 Å². The molecule has 2 aromatic rings. The number of aliphatic hydroxyl groups excluding tert-OH is 1. The third kappa shape index (κ3) is 5.34. The molecule has 0 bridgehead atoms. The highest BCUT2D eigenvalue weighted by molar-refractivity contribution is 5.73. The van der Waals surface area contributed by atoms with Crippen molar-refractivity contribution in [1.29, 1.82) is 0 Å². The van der Waals surface area contributed by atoms with Crippen LogP contribution in [0.25, 0.3) is 0 Å². The average Bonchev–Trinajstić information content (AvgIpc) is 2.54. The van der Waals surface area contributed by atoms with E-state index in [-0.39, 0.29) is 18.9 Å². The van der Waals surface area contributed by atoms with Crippen molar-refractivity contribution in [3.05, 3.63) is 71.3 Å². The maximum atomic E-state index is 13.4. The van der Waals surface area contributed by atoms with Crippen LogP contribution in [0.2, 0.25) is 0 Å². The Morgan fingerprint density at radius 2 is 1.87 bits per heavy atom. The zero-order valence-electron chi connectivity index (χ0n) is 12.4. The Morgan fingerprint density at radius 3 is 2.61 bits per heavy atom. The van der Waals surface area contributed by atoms with Gasteiger partial charge in [-0.05, 0) is 35.7 Å². The molecule has 0 fully saturated rings. The van der Waals surface area contributed by atoms with Crippen molar-refractivity contribution in [2.45, 2.75) is 12.5 Å². The molecule has 3 N–H and O–H groups in total. The lowest BCUT2D eigenvalue weighted by Crippen LogP contribution is -2.38. The number of hydrogen-bond acceptors (Lipinski definition) is 2. The van der Waals surface area contributed by atoms with Gasteiger partial charge in [0.25, 0.3) is 0 Å². The van der Waals surface area contributed by atoms with Crippen LogP contribution >= 0.6 is 0 Å². The fourth-order valence-corrected chi connectivity index (χ4v) is 2.10. The number of hydrogen-bond donors (Lipinski definition) is 3. The first kappa shape index (κ1) is 16.9. The van der Waals surface area contributed by atoms with Gasteiger partial charge in [-0.15, -0.1) is 0 Å². The second-order valence-corrected chi connectivity index (χ2v) is 5.05. The van der Waals surface area contributed by atoms with Crippen molar-refractivity contribution in [1.82, 2.24) is 10.6 Å². The normalized spacial score (nSPS) is 11.8. The summed E-state index contributed by atoms with van der Waals surface area (Å²) in [5.74, 6) is -0.757. The van der Waals surface area contributed by atoms with Gasteiger partial charge in [-0.25, -0.2) is 13.6 Å². The number of rotatable bonds is 6. The molecule has 2 amide bonds. The van der Waals surface area contributed by atoms with Gasteiger partial charge in [-0.1, -0.05) is 30.3 Å². The van der Waals surface area contributed by atoms with Crippen LogP contribution in [-0.2, 0) is 6.42 Å². The summed E-state index contributed by atoms with van der Waals surface area (Å²) in [6.45, 7) is 0.220. The number of urea groups is 1. The largest absolute Gasteiger partial charge is 0.387 e. The third-order valence-corrected chi connectivity index (χ3v) is 3.33. The highest BCUT2D eigenvalue weighted by atomic mass is 19.1. The second-order valence-electron chi connectivity index (χ2n) is 5.05. The van der Waals surface area contributed by atoms with Gasteiger partial charge in [0.2, 0.25) is 0 Å². The SMILES string of the molecule is O=C(NCCc1ccccc1F)NC[C@@H](O)c1cccc(F)c1. The summed E-state index contributed by atoms with van der Waals surface area (Å²) in [5, 5.41) is 14.9. The van der Waals surface area contributed by atoms with E-state index in [0.29, 0.717) is 17.5 Å². The third-order valence-electron chi connectivity index (χ3n) is 3.33. The smallest absolute Gasteiger partial charge is 0.314 e. The lowest BCUT2D eigenvalue weighted by molar-refractivity contribution is 0.173. The lowest BCUT2D eigenvalue weighted by atomic mass is 10.1. The van der Waals surface area contributed by atoms with E-state index in [2.05, 4.69) is 10.6 Å². The summed E-state index contributed by atoms with van der Waals surface area (Å²) < 4.78 is 26.4. The Bertz CT molecular complexity index is 665. The summed E-state index contributed by atoms with van der Waals surface area (Å²) >= 11 is 0. The molecule has 2 aromatic carbocycles. The number of amides is 2. The first-order valence-corrected chi connectivity index (χ1v) is 7.25. The molecule has 0 aromatic heterocycles. The zero-order chi connectivity index (χ0) is 16.7. The molecule has 0 saturated carbocycles. The Balaban J connectivity index is 1.72. The van der Waals surface area contributed by atoms with E-state index < -0.39 is 18.0 Å². The molecule has 0 heterocycles. The number of halogens is 2.